The highest BCUT2D eigenvalue weighted by Gasteiger charge is 2.05. The molecule has 1 aromatic carbocycles. The summed E-state index contributed by atoms with van der Waals surface area (Å²) in [5, 5.41) is 2.12. The van der Waals surface area contributed by atoms with Crippen molar-refractivity contribution in [3.63, 3.8) is 0 Å². The van der Waals surface area contributed by atoms with Crippen molar-refractivity contribution in [1.82, 2.24) is 4.90 Å². The summed E-state index contributed by atoms with van der Waals surface area (Å²) in [6.07, 6.45) is 0. The molecule has 0 amide bonds. The summed E-state index contributed by atoms with van der Waals surface area (Å²) >= 11 is 5.32. The fraction of sp³-hybridized carbons (Fsp3) is 0.286. The molecule has 4 heteroatoms. The van der Waals surface area contributed by atoms with E-state index in [1.54, 1.807) is 18.4 Å². The first kappa shape index (κ1) is 13.6. The lowest BCUT2D eigenvalue weighted by molar-refractivity contribution is 0.321. The molecule has 0 N–H and O–H groups in total. The molecule has 0 bridgehead atoms. The van der Waals surface area contributed by atoms with Gasteiger partial charge in [0.15, 0.2) is 0 Å². The fourth-order valence-corrected chi connectivity index (χ4v) is 3.22. The lowest BCUT2D eigenvalue weighted by atomic mass is 10.2. The van der Waals surface area contributed by atoms with Gasteiger partial charge in [-0.2, -0.15) is 0 Å². The average Bonchev–Trinajstić information content (AvgIpc) is 2.82. The van der Waals surface area contributed by atoms with Crippen LogP contribution in [0.3, 0.4) is 0 Å². The van der Waals surface area contributed by atoms with Crippen molar-refractivity contribution < 1.29 is 4.74 Å². The molecule has 1 aromatic heterocycles. The maximum atomic E-state index is 5.23. The van der Waals surface area contributed by atoms with Gasteiger partial charge < -0.3 is 4.74 Å². The molecule has 2 rings (SSSR count). The minimum absolute atomic E-state index is 0.875. The Morgan fingerprint density at radius 2 is 2.11 bits per heavy atom. The van der Waals surface area contributed by atoms with E-state index in [-0.39, 0.29) is 0 Å². The zero-order valence-corrected chi connectivity index (χ0v) is 12.9. The van der Waals surface area contributed by atoms with Crippen molar-refractivity contribution in [1.29, 1.82) is 0 Å². The molecule has 2 nitrogen and oxygen atoms in total. The van der Waals surface area contributed by atoms with E-state index in [9.17, 15) is 0 Å². The summed E-state index contributed by atoms with van der Waals surface area (Å²) in [6, 6.07) is 10.5. The highest BCUT2D eigenvalue weighted by Crippen LogP contribution is 2.26. The second kappa shape index (κ2) is 6.36. The second-order valence-corrected chi connectivity index (χ2v) is 6.11. The Morgan fingerprint density at radius 3 is 2.72 bits per heavy atom. The van der Waals surface area contributed by atoms with E-state index in [2.05, 4.69) is 57.5 Å². The van der Waals surface area contributed by atoms with Crippen molar-refractivity contribution in [3.8, 4) is 5.75 Å². The lowest BCUT2D eigenvalue weighted by Gasteiger charge is -2.16. The lowest BCUT2D eigenvalue weighted by Crippen LogP contribution is -2.16. The third-order valence-electron chi connectivity index (χ3n) is 2.67. The second-order valence-electron chi connectivity index (χ2n) is 4.22. The van der Waals surface area contributed by atoms with Crippen molar-refractivity contribution in [3.05, 3.63) is 50.6 Å². The Balaban J connectivity index is 1.98. The van der Waals surface area contributed by atoms with Gasteiger partial charge in [-0.3, -0.25) is 4.90 Å². The topological polar surface area (TPSA) is 12.5 Å². The molecule has 0 aliphatic heterocycles. The van der Waals surface area contributed by atoms with Crippen LogP contribution in [-0.2, 0) is 13.1 Å². The van der Waals surface area contributed by atoms with Gasteiger partial charge in [0.25, 0.3) is 0 Å². The number of benzene rings is 1. The highest BCUT2D eigenvalue weighted by molar-refractivity contribution is 9.10. The number of nitrogens with zero attached hydrogens (tertiary/aromatic N) is 1. The van der Waals surface area contributed by atoms with Crippen LogP contribution in [0, 0.1) is 0 Å². The molecule has 0 saturated carbocycles. The first-order chi connectivity index (χ1) is 8.69. The van der Waals surface area contributed by atoms with Crippen LogP contribution < -0.4 is 4.74 Å². The standard InChI is InChI=1S/C14H16BrNOS/c1-16(10-12-4-3-7-18-12)9-11-5-6-14(17-2)13(15)8-11/h3-8H,9-10H2,1-2H3. The van der Waals surface area contributed by atoms with Gasteiger partial charge in [-0.1, -0.05) is 12.1 Å². The van der Waals surface area contributed by atoms with E-state index >= 15 is 0 Å². The first-order valence-corrected chi connectivity index (χ1v) is 7.39. The van der Waals surface area contributed by atoms with Gasteiger partial charge in [-0.05, 0) is 52.1 Å². The predicted molar refractivity (Wildman–Crippen MR) is 80.2 cm³/mol. The van der Waals surface area contributed by atoms with E-state index in [0.717, 1.165) is 23.3 Å². The Hall–Kier alpha value is -0.840. The molecule has 2 aromatic rings. The molecular weight excluding hydrogens is 310 g/mol. The number of halogens is 1. The first-order valence-electron chi connectivity index (χ1n) is 5.72. The summed E-state index contributed by atoms with van der Waals surface area (Å²) in [4.78, 5) is 3.70. The molecule has 0 spiro atoms. The highest BCUT2D eigenvalue weighted by atomic mass is 79.9. The van der Waals surface area contributed by atoms with Gasteiger partial charge >= 0.3 is 0 Å². The molecule has 0 unspecified atom stereocenters. The fourth-order valence-electron chi connectivity index (χ4n) is 1.84. The van der Waals surface area contributed by atoms with Crippen molar-refractivity contribution in [2.75, 3.05) is 14.2 Å². The number of hydrogen-bond acceptors (Lipinski definition) is 3. The third kappa shape index (κ3) is 3.57. The molecule has 0 radical (unpaired) electrons. The monoisotopic (exact) mass is 325 g/mol. The number of thiophene rings is 1. The van der Waals surface area contributed by atoms with E-state index in [1.165, 1.54) is 10.4 Å². The smallest absolute Gasteiger partial charge is 0.133 e. The van der Waals surface area contributed by atoms with Crippen LogP contribution in [0.2, 0.25) is 0 Å². The van der Waals surface area contributed by atoms with Gasteiger partial charge in [0.2, 0.25) is 0 Å². The van der Waals surface area contributed by atoms with E-state index < -0.39 is 0 Å². The van der Waals surface area contributed by atoms with E-state index in [4.69, 9.17) is 4.74 Å². The predicted octanol–water partition coefficient (Wildman–Crippen LogP) is 4.15. The Kier molecular flexibility index (Phi) is 4.80. The van der Waals surface area contributed by atoms with E-state index in [1.807, 2.05) is 6.07 Å². The Morgan fingerprint density at radius 1 is 1.28 bits per heavy atom. The maximum absolute atomic E-state index is 5.23. The van der Waals surface area contributed by atoms with E-state index in [0.29, 0.717) is 0 Å². The third-order valence-corrected chi connectivity index (χ3v) is 4.16. The summed E-state index contributed by atoms with van der Waals surface area (Å²) in [5.41, 5.74) is 1.28. The van der Waals surface area contributed by atoms with Crippen LogP contribution in [0.25, 0.3) is 0 Å². The van der Waals surface area contributed by atoms with Crippen LogP contribution in [0.15, 0.2) is 40.2 Å². The van der Waals surface area contributed by atoms with Gasteiger partial charge in [-0.15, -0.1) is 11.3 Å². The molecule has 18 heavy (non-hydrogen) atoms. The molecule has 96 valence electrons. The quantitative estimate of drug-likeness (QED) is 0.818. The molecule has 0 aliphatic carbocycles. The summed E-state index contributed by atoms with van der Waals surface area (Å²) in [6.45, 7) is 1.92. The van der Waals surface area contributed by atoms with Gasteiger partial charge in [0.1, 0.15) is 5.75 Å². The zero-order valence-electron chi connectivity index (χ0n) is 10.5. The number of rotatable bonds is 5. The van der Waals surface area contributed by atoms with Gasteiger partial charge in [0, 0.05) is 18.0 Å². The van der Waals surface area contributed by atoms with Crippen LogP contribution in [0.5, 0.6) is 5.75 Å². The van der Waals surface area contributed by atoms with Crippen molar-refractivity contribution >= 4 is 27.3 Å². The molecule has 0 saturated heterocycles. The van der Waals surface area contributed by atoms with Gasteiger partial charge in [0.05, 0.1) is 11.6 Å². The number of methoxy groups -OCH3 is 1. The largest absolute Gasteiger partial charge is 0.496 e. The maximum Gasteiger partial charge on any atom is 0.133 e. The van der Waals surface area contributed by atoms with Crippen LogP contribution in [0.4, 0.5) is 0 Å². The van der Waals surface area contributed by atoms with Crippen LogP contribution in [-0.4, -0.2) is 19.1 Å². The normalized spacial score (nSPS) is 10.9. The SMILES string of the molecule is COc1ccc(CN(C)Cc2cccs2)cc1Br. The minimum atomic E-state index is 0.875. The van der Waals surface area contributed by atoms with Crippen molar-refractivity contribution in [2.24, 2.45) is 0 Å². The van der Waals surface area contributed by atoms with Crippen LogP contribution in [0.1, 0.15) is 10.4 Å². The number of ether oxygens (including phenoxy) is 1. The average molecular weight is 326 g/mol. The Bertz CT molecular complexity index is 499. The molecule has 0 aliphatic rings. The van der Waals surface area contributed by atoms with Crippen molar-refractivity contribution in [2.45, 2.75) is 13.1 Å². The van der Waals surface area contributed by atoms with Gasteiger partial charge in [-0.25, -0.2) is 0 Å². The molecule has 0 fully saturated rings. The molecular formula is C14H16BrNOS. The minimum Gasteiger partial charge on any atom is -0.496 e. The Labute approximate surface area is 120 Å². The molecule has 1 heterocycles. The number of hydrogen-bond donors (Lipinski definition) is 0. The summed E-state index contributed by atoms with van der Waals surface area (Å²) < 4.78 is 6.24. The summed E-state index contributed by atoms with van der Waals surface area (Å²) in [7, 11) is 3.82. The molecule has 0 atom stereocenters. The van der Waals surface area contributed by atoms with Crippen LogP contribution >= 0.6 is 27.3 Å². The summed E-state index contributed by atoms with van der Waals surface area (Å²) in [5.74, 6) is 0.875. The zero-order chi connectivity index (χ0) is 13.0.